The van der Waals surface area contributed by atoms with Gasteiger partial charge in [-0.2, -0.15) is 0 Å². The van der Waals surface area contributed by atoms with Crippen LogP contribution in [0.3, 0.4) is 0 Å². The van der Waals surface area contributed by atoms with Gasteiger partial charge in [0.15, 0.2) is 0 Å². The van der Waals surface area contributed by atoms with Crippen molar-refractivity contribution in [2.75, 3.05) is 0 Å². The number of carbonyl (C=O) groups is 1. The first-order chi connectivity index (χ1) is 10.1. The topological polar surface area (TPSA) is 37.3 Å². The minimum Gasteiger partial charge on any atom is -0.481 e. The summed E-state index contributed by atoms with van der Waals surface area (Å²) in [5.41, 5.74) is 1.53. The Morgan fingerprint density at radius 2 is 1.95 bits per heavy atom. The number of thioether (sulfide) groups is 1. The maximum Gasteiger partial charge on any atom is 0.311 e. The maximum atomic E-state index is 13.9. The predicted octanol–water partition coefficient (Wildman–Crippen LogP) is 4.10. The number of hydrogen-bond donors (Lipinski definition) is 1. The Hall–Kier alpha value is -1.81. The Kier molecular flexibility index (Phi) is 3.97. The van der Waals surface area contributed by atoms with Crippen LogP contribution >= 0.6 is 11.8 Å². The molecule has 0 amide bonds. The van der Waals surface area contributed by atoms with Crippen LogP contribution in [-0.2, 0) is 11.2 Å². The molecule has 0 saturated carbocycles. The molecular weight excluding hydrogens is 287 g/mol. The van der Waals surface area contributed by atoms with Crippen LogP contribution in [0, 0.1) is 5.82 Å². The molecule has 3 rings (SSSR count). The fourth-order valence-electron chi connectivity index (χ4n) is 2.77. The van der Waals surface area contributed by atoms with Crippen LogP contribution in [0.4, 0.5) is 4.39 Å². The Balaban J connectivity index is 1.79. The number of benzene rings is 2. The second-order valence-electron chi connectivity index (χ2n) is 5.20. The highest BCUT2D eigenvalue weighted by Crippen LogP contribution is 2.41. The van der Waals surface area contributed by atoms with Gasteiger partial charge in [-0.15, -0.1) is 11.8 Å². The minimum atomic E-state index is -0.961. The number of halogens is 1. The summed E-state index contributed by atoms with van der Waals surface area (Å²) in [4.78, 5) is 12.7. The molecule has 0 bridgehead atoms. The number of carboxylic acid groups (broad SMARTS) is 1. The van der Waals surface area contributed by atoms with Gasteiger partial charge in [-0.1, -0.05) is 36.4 Å². The molecule has 0 spiro atoms. The highest BCUT2D eigenvalue weighted by atomic mass is 32.2. The normalized spacial score (nSPS) is 18.2. The van der Waals surface area contributed by atoms with E-state index < -0.39 is 17.7 Å². The van der Waals surface area contributed by atoms with Gasteiger partial charge in [-0.3, -0.25) is 4.79 Å². The van der Waals surface area contributed by atoms with Crippen LogP contribution in [0.5, 0.6) is 0 Å². The molecule has 1 aliphatic heterocycles. The first-order valence-corrected chi connectivity index (χ1v) is 7.75. The average molecular weight is 302 g/mol. The van der Waals surface area contributed by atoms with Crippen molar-refractivity contribution in [3.05, 3.63) is 65.5 Å². The third-order valence-electron chi connectivity index (χ3n) is 3.79. The Labute approximate surface area is 127 Å². The van der Waals surface area contributed by atoms with E-state index >= 15 is 0 Å². The van der Waals surface area contributed by atoms with Crippen molar-refractivity contribution in [2.24, 2.45) is 0 Å². The molecular formula is C17H15FO2S. The van der Waals surface area contributed by atoms with E-state index in [9.17, 15) is 14.3 Å². The highest BCUT2D eigenvalue weighted by Gasteiger charge is 2.30. The largest absolute Gasteiger partial charge is 0.481 e. The average Bonchev–Trinajstić information content (AvgIpc) is 2.88. The van der Waals surface area contributed by atoms with Gasteiger partial charge < -0.3 is 5.11 Å². The van der Waals surface area contributed by atoms with Gasteiger partial charge in [0.1, 0.15) is 5.82 Å². The van der Waals surface area contributed by atoms with Gasteiger partial charge in [-0.05, 0) is 30.5 Å². The first-order valence-electron chi connectivity index (χ1n) is 6.87. The lowest BCUT2D eigenvalue weighted by Crippen LogP contribution is -2.18. The second-order valence-corrected chi connectivity index (χ2v) is 6.54. The summed E-state index contributed by atoms with van der Waals surface area (Å²) < 4.78 is 13.9. The molecule has 2 atom stereocenters. The van der Waals surface area contributed by atoms with Crippen LogP contribution in [-0.4, -0.2) is 16.3 Å². The zero-order chi connectivity index (χ0) is 14.8. The van der Waals surface area contributed by atoms with Crippen LogP contribution in [0.25, 0.3) is 0 Å². The van der Waals surface area contributed by atoms with Gasteiger partial charge in [0, 0.05) is 15.7 Å². The Morgan fingerprint density at radius 1 is 1.24 bits per heavy atom. The summed E-state index contributed by atoms with van der Waals surface area (Å²) in [5.74, 6) is -2.19. The molecule has 0 fully saturated rings. The molecule has 4 heteroatoms. The Bertz CT molecular complexity index is 646. The molecule has 0 radical (unpaired) electrons. The number of hydrogen-bond acceptors (Lipinski definition) is 2. The van der Waals surface area contributed by atoms with Crippen LogP contribution in [0.2, 0.25) is 0 Å². The van der Waals surface area contributed by atoms with Crippen molar-refractivity contribution in [2.45, 2.75) is 28.9 Å². The van der Waals surface area contributed by atoms with Crippen molar-refractivity contribution < 1.29 is 14.3 Å². The van der Waals surface area contributed by atoms with Crippen molar-refractivity contribution in [1.82, 2.24) is 0 Å². The third-order valence-corrected chi connectivity index (χ3v) is 5.14. The van der Waals surface area contributed by atoms with E-state index in [2.05, 4.69) is 12.1 Å². The van der Waals surface area contributed by atoms with Gasteiger partial charge in [0.05, 0.1) is 5.92 Å². The maximum absolute atomic E-state index is 13.9. The van der Waals surface area contributed by atoms with E-state index in [4.69, 9.17) is 0 Å². The summed E-state index contributed by atoms with van der Waals surface area (Å²) in [6.07, 6.45) is 1.29. The predicted molar refractivity (Wildman–Crippen MR) is 81.2 cm³/mol. The monoisotopic (exact) mass is 302 g/mol. The van der Waals surface area contributed by atoms with Gasteiger partial charge >= 0.3 is 5.97 Å². The molecule has 2 nitrogen and oxygen atoms in total. The fourth-order valence-corrected chi connectivity index (χ4v) is 4.14. The molecule has 2 aromatic rings. The fraction of sp³-hybridized carbons (Fsp3) is 0.235. The number of aliphatic carboxylic acids is 1. The van der Waals surface area contributed by atoms with Crippen LogP contribution < -0.4 is 0 Å². The summed E-state index contributed by atoms with van der Waals surface area (Å²) >= 11 is 1.70. The molecule has 108 valence electrons. The molecule has 21 heavy (non-hydrogen) atoms. The molecule has 1 heterocycles. The first kappa shape index (κ1) is 14.1. The second kappa shape index (κ2) is 5.90. The van der Waals surface area contributed by atoms with Crippen molar-refractivity contribution in [3.63, 3.8) is 0 Å². The SMILES string of the molecule is O=C(O)C(CC1Cc2ccccc2S1)c1ccccc1F. The molecule has 0 aromatic heterocycles. The standard InChI is InChI=1S/C17H15FO2S/c18-15-7-3-2-6-13(15)14(17(19)20)10-12-9-11-5-1-4-8-16(11)21-12/h1-8,12,14H,9-10H2,(H,19,20). The van der Waals surface area contributed by atoms with E-state index in [1.54, 1.807) is 30.0 Å². The molecule has 1 N–H and O–H groups in total. The summed E-state index contributed by atoms with van der Waals surface area (Å²) in [6, 6.07) is 14.3. The molecule has 0 aliphatic carbocycles. The van der Waals surface area contributed by atoms with Crippen molar-refractivity contribution >= 4 is 17.7 Å². The molecule has 2 unspecified atom stereocenters. The smallest absolute Gasteiger partial charge is 0.311 e. The van der Waals surface area contributed by atoms with Gasteiger partial charge in [0.2, 0.25) is 0 Å². The summed E-state index contributed by atoms with van der Waals surface area (Å²) in [7, 11) is 0. The summed E-state index contributed by atoms with van der Waals surface area (Å²) in [5, 5.41) is 9.64. The quantitative estimate of drug-likeness (QED) is 0.924. The van der Waals surface area contributed by atoms with Crippen molar-refractivity contribution in [3.8, 4) is 0 Å². The number of fused-ring (bicyclic) bond motifs is 1. The van der Waals surface area contributed by atoms with Crippen LogP contribution in [0.1, 0.15) is 23.5 Å². The van der Waals surface area contributed by atoms with Gasteiger partial charge in [0.25, 0.3) is 0 Å². The lowest BCUT2D eigenvalue weighted by molar-refractivity contribution is -0.139. The Morgan fingerprint density at radius 3 is 2.67 bits per heavy atom. The van der Waals surface area contributed by atoms with E-state index in [-0.39, 0.29) is 10.8 Å². The zero-order valence-electron chi connectivity index (χ0n) is 11.3. The lowest BCUT2D eigenvalue weighted by atomic mass is 9.92. The lowest BCUT2D eigenvalue weighted by Gasteiger charge is -2.17. The van der Waals surface area contributed by atoms with Crippen molar-refractivity contribution in [1.29, 1.82) is 0 Å². The van der Waals surface area contributed by atoms with E-state index in [0.29, 0.717) is 6.42 Å². The number of rotatable bonds is 4. The molecule has 2 aromatic carbocycles. The van der Waals surface area contributed by atoms with E-state index in [0.717, 1.165) is 6.42 Å². The van der Waals surface area contributed by atoms with E-state index in [1.807, 2.05) is 12.1 Å². The van der Waals surface area contributed by atoms with Crippen LogP contribution in [0.15, 0.2) is 53.4 Å². The zero-order valence-corrected chi connectivity index (χ0v) is 12.1. The molecule has 1 aliphatic rings. The molecule has 0 saturated heterocycles. The highest BCUT2D eigenvalue weighted by molar-refractivity contribution is 8.00. The summed E-state index contributed by atoms with van der Waals surface area (Å²) in [6.45, 7) is 0. The third kappa shape index (κ3) is 2.95. The number of carboxylic acids is 1. The van der Waals surface area contributed by atoms with Gasteiger partial charge in [-0.25, -0.2) is 4.39 Å². The van der Waals surface area contributed by atoms with E-state index in [1.165, 1.54) is 16.5 Å². The minimum absolute atomic E-state index is 0.183.